The summed E-state index contributed by atoms with van der Waals surface area (Å²) < 4.78 is 15.7. The molecule has 1 atom stereocenters. The molecule has 0 aromatic carbocycles. The van der Waals surface area contributed by atoms with E-state index in [4.69, 9.17) is 0 Å². The van der Waals surface area contributed by atoms with Crippen LogP contribution in [0, 0.1) is 11.2 Å². The fourth-order valence-electron chi connectivity index (χ4n) is 4.19. The number of nitrogens with one attached hydrogen (secondary N) is 1. The molecule has 1 aliphatic rings. The molecule has 2 N–H and O–H groups in total. The van der Waals surface area contributed by atoms with E-state index in [-0.39, 0.29) is 23.2 Å². The van der Waals surface area contributed by atoms with Crippen LogP contribution >= 0.6 is 0 Å². The van der Waals surface area contributed by atoms with Gasteiger partial charge in [0.15, 0.2) is 5.65 Å². The molecule has 0 aliphatic carbocycles. The van der Waals surface area contributed by atoms with Crippen molar-refractivity contribution in [2.75, 3.05) is 25.0 Å². The third-order valence-electron chi connectivity index (χ3n) is 6.12. The molecule has 0 radical (unpaired) electrons. The largest absolute Gasteiger partial charge is 0.477 e. The lowest BCUT2D eigenvalue weighted by Crippen LogP contribution is -2.45. The highest BCUT2D eigenvalue weighted by atomic mass is 19.1. The third-order valence-corrected chi connectivity index (χ3v) is 6.12. The summed E-state index contributed by atoms with van der Waals surface area (Å²) in [6.07, 6.45) is 6.34. The van der Waals surface area contributed by atoms with Crippen LogP contribution in [-0.2, 0) is 11.2 Å². The van der Waals surface area contributed by atoms with Gasteiger partial charge in [0.2, 0.25) is 5.91 Å². The van der Waals surface area contributed by atoms with E-state index in [1.54, 1.807) is 24.3 Å². The molecular weight excluding hydrogens is 453 g/mol. The first-order valence-corrected chi connectivity index (χ1v) is 11.6. The van der Waals surface area contributed by atoms with Gasteiger partial charge < -0.3 is 10.0 Å². The first-order valence-electron chi connectivity index (χ1n) is 11.6. The summed E-state index contributed by atoms with van der Waals surface area (Å²) in [6.45, 7) is 6.74. The Kier molecular flexibility index (Phi) is 6.70. The lowest BCUT2D eigenvalue weighted by Gasteiger charge is -2.28. The zero-order valence-electron chi connectivity index (χ0n) is 20.3. The number of hydrogen-bond acceptors (Lipinski definition) is 7. The van der Waals surface area contributed by atoms with E-state index in [0.29, 0.717) is 25.3 Å². The Morgan fingerprint density at radius 2 is 2.09 bits per heavy atom. The van der Waals surface area contributed by atoms with Crippen molar-refractivity contribution < 1.29 is 19.1 Å². The van der Waals surface area contributed by atoms with E-state index < -0.39 is 17.2 Å². The van der Waals surface area contributed by atoms with Crippen LogP contribution in [0.2, 0.25) is 0 Å². The fraction of sp³-hybridized carbons (Fsp3) is 0.458. The van der Waals surface area contributed by atoms with Crippen LogP contribution in [0.5, 0.6) is 0 Å². The van der Waals surface area contributed by atoms with Gasteiger partial charge in [0.05, 0.1) is 18.4 Å². The number of carbonyl (C=O) groups is 2. The van der Waals surface area contributed by atoms with Gasteiger partial charge >= 0.3 is 5.97 Å². The van der Waals surface area contributed by atoms with E-state index in [2.05, 4.69) is 25.4 Å². The third kappa shape index (κ3) is 5.24. The van der Waals surface area contributed by atoms with Gasteiger partial charge in [-0.25, -0.2) is 23.7 Å². The number of fused-ring (bicyclic) bond motifs is 1. The Bertz CT molecular complexity index is 1250. The van der Waals surface area contributed by atoms with Gasteiger partial charge in [0.1, 0.15) is 17.2 Å². The summed E-state index contributed by atoms with van der Waals surface area (Å²) in [5.74, 6) is -0.997. The predicted molar refractivity (Wildman–Crippen MR) is 127 cm³/mol. The van der Waals surface area contributed by atoms with Crippen LogP contribution in [-0.4, -0.2) is 61.7 Å². The number of carbonyl (C=O) groups excluding carboxylic acids is 1. The molecule has 0 spiro atoms. The number of nitrogens with zero attached hydrogens (tertiary/aromatic N) is 6. The number of likely N-dealkylation sites (N-methyl/N-ethyl adjacent to an activating group) is 1. The highest BCUT2D eigenvalue weighted by molar-refractivity contribution is 5.94. The molecule has 1 saturated heterocycles. The Morgan fingerprint density at radius 1 is 1.31 bits per heavy atom. The molecule has 0 unspecified atom stereocenters. The minimum absolute atomic E-state index is 0.0241. The van der Waals surface area contributed by atoms with Crippen molar-refractivity contribution in [3.8, 4) is 0 Å². The van der Waals surface area contributed by atoms with Crippen molar-refractivity contribution in [2.24, 2.45) is 5.41 Å². The number of hydrogen-bond donors (Lipinski definition) is 2. The average molecular weight is 484 g/mol. The molecule has 0 bridgehead atoms. The number of hydrazine groups is 1. The summed E-state index contributed by atoms with van der Waals surface area (Å²) in [4.78, 5) is 34.8. The molecule has 4 rings (SSSR count). The van der Waals surface area contributed by atoms with Crippen molar-refractivity contribution in [1.29, 1.82) is 0 Å². The maximum atomic E-state index is 14.3. The topological polar surface area (TPSA) is 116 Å². The Morgan fingerprint density at radius 3 is 2.80 bits per heavy atom. The van der Waals surface area contributed by atoms with Gasteiger partial charge in [-0.1, -0.05) is 20.8 Å². The zero-order chi connectivity index (χ0) is 25.3. The van der Waals surface area contributed by atoms with E-state index in [1.807, 2.05) is 20.8 Å². The van der Waals surface area contributed by atoms with Gasteiger partial charge in [-0.05, 0) is 30.5 Å². The van der Waals surface area contributed by atoms with Crippen molar-refractivity contribution in [2.45, 2.75) is 46.1 Å². The molecule has 1 amide bonds. The molecule has 1 aliphatic heterocycles. The SMILES string of the molecule is CN(CCc1ncc(F)cc1[C@@H]1CCCN1c1ccn2ncc(C(=O)O)c2n1)NC(=O)C(C)(C)C. The smallest absolute Gasteiger partial charge is 0.341 e. The van der Waals surface area contributed by atoms with Gasteiger partial charge in [0.25, 0.3) is 0 Å². The standard InChI is InChI=1S/C24H30FN7O3/c1-24(2,3)23(35)29-30(4)10-7-18-16(12-15(25)13-26-18)19-6-5-9-31(19)20-8-11-32-21(28-20)17(14-27-32)22(33)34/h8,11-14,19H,5-7,9-10H2,1-4H3,(H,29,35)(H,33,34)/t19-/m0/s1. The Labute approximate surface area is 202 Å². The molecule has 1 fully saturated rings. The van der Waals surface area contributed by atoms with E-state index >= 15 is 0 Å². The number of aromatic carboxylic acids is 1. The lowest BCUT2D eigenvalue weighted by molar-refractivity contribution is -0.133. The number of carboxylic acids is 1. The summed E-state index contributed by atoms with van der Waals surface area (Å²) in [7, 11) is 1.79. The predicted octanol–water partition coefficient (Wildman–Crippen LogP) is 2.85. The number of amides is 1. The minimum Gasteiger partial charge on any atom is -0.477 e. The normalized spacial score (nSPS) is 16.3. The molecular formula is C24H30FN7O3. The molecule has 4 heterocycles. The summed E-state index contributed by atoms with van der Waals surface area (Å²) >= 11 is 0. The number of rotatable bonds is 7. The second kappa shape index (κ2) is 9.57. The highest BCUT2D eigenvalue weighted by Gasteiger charge is 2.30. The monoisotopic (exact) mass is 483 g/mol. The maximum Gasteiger partial charge on any atom is 0.341 e. The van der Waals surface area contributed by atoms with Crippen LogP contribution < -0.4 is 10.3 Å². The van der Waals surface area contributed by atoms with Crippen molar-refractivity contribution in [1.82, 2.24) is 30.0 Å². The highest BCUT2D eigenvalue weighted by Crippen LogP contribution is 2.37. The number of anilines is 1. The maximum absolute atomic E-state index is 14.3. The van der Waals surface area contributed by atoms with Crippen molar-refractivity contribution in [3.05, 3.63) is 53.4 Å². The van der Waals surface area contributed by atoms with E-state index in [1.165, 1.54) is 23.0 Å². The van der Waals surface area contributed by atoms with Gasteiger partial charge in [-0.2, -0.15) is 5.10 Å². The zero-order valence-corrected chi connectivity index (χ0v) is 20.3. The summed E-state index contributed by atoms with van der Waals surface area (Å²) in [6, 6.07) is 3.14. The van der Waals surface area contributed by atoms with Crippen LogP contribution in [0.4, 0.5) is 10.2 Å². The number of carboxylic acid groups (broad SMARTS) is 1. The molecule has 3 aromatic rings. The van der Waals surface area contributed by atoms with Crippen LogP contribution in [0.15, 0.2) is 30.7 Å². The Hall–Kier alpha value is -3.60. The van der Waals surface area contributed by atoms with E-state index in [9.17, 15) is 19.1 Å². The summed E-state index contributed by atoms with van der Waals surface area (Å²) in [5.41, 5.74) is 4.16. The number of aromatic nitrogens is 4. The van der Waals surface area contributed by atoms with Crippen LogP contribution in [0.25, 0.3) is 5.65 Å². The quantitative estimate of drug-likeness (QED) is 0.493. The molecule has 10 nitrogen and oxygen atoms in total. The average Bonchev–Trinajstić information content (AvgIpc) is 3.44. The van der Waals surface area contributed by atoms with Crippen molar-refractivity contribution >= 4 is 23.3 Å². The minimum atomic E-state index is -1.10. The lowest BCUT2D eigenvalue weighted by atomic mass is 9.96. The molecule has 11 heteroatoms. The number of pyridine rings is 1. The number of halogens is 1. The molecule has 35 heavy (non-hydrogen) atoms. The first-order chi connectivity index (χ1) is 16.5. The van der Waals surface area contributed by atoms with Gasteiger partial charge in [-0.3, -0.25) is 15.2 Å². The Balaban J connectivity index is 1.58. The fourth-order valence-corrected chi connectivity index (χ4v) is 4.19. The van der Waals surface area contributed by atoms with Crippen molar-refractivity contribution in [3.63, 3.8) is 0 Å². The second-order valence-electron chi connectivity index (χ2n) is 9.82. The second-order valence-corrected chi connectivity index (χ2v) is 9.82. The van der Waals surface area contributed by atoms with E-state index in [0.717, 1.165) is 24.1 Å². The van der Waals surface area contributed by atoms with Crippen LogP contribution in [0.3, 0.4) is 0 Å². The summed E-state index contributed by atoms with van der Waals surface area (Å²) in [5, 5.41) is 15.2. The molecule has 0 saturated carbocycles. The van der Waals surface area contributed by atoms with Gasteiger partial charge in [-0.15, -0.1) is 0 Å². The molecule has 3 aromatic heterocycles. The molecule has 186 valence electrons. The van der Waals surface area contributed by atoms with Crippen LogP contribution in [0.1, 0.15) is 61.3 Å². The van der Waals surface area contributed by atoms with Gasteiger partial charge in [0, 0.05) is 43.9 Å². The first kappa shape index (κ1) is 24.5.